The fourth-order valence-electron chi connectivity index (χ4n) is 4.43. The molecule has 1 aromatic carbocycles. The summed E-state index contributed by atoms with van der Waals surface area (Å²) in [6.07, 6.45) is 4.27. The van der Waals surface area contributed by atoms with Crippen LogP contribution in [0.15, 0.2) is 59.4 Å². The quantitative estimate of drug-likeness (QED) is 0.328. The lowest BCUT2D eigenvalue weighted by atomic mass is 10.1. The molecule has 212 valence electrons. The Kier molecular flexibility index (Phi) is 10.3. The van der Waals surface area contributed by atoms with Gasteiger partial charge in [0.15, 0.2) is 0 Å². The number of hydrogen-bond acceptors (Lipinski definition) is 7. The summed E-state index contributed by atoms with van der Waals surface area (Å²) >= 11 is 0. The van der Waals surface area contributed by atoms with E-state index in [1.165, 1.54) is 17.7 Å². The highest BCUT2D eigenvalue weighted by atomic mass is 19.1. The molecule has 0 unspecified atom stereocenters. The van der Waals surface area contributed by atoms with Gasteiger partial charge in [0.05, 0.1) is 25.3 Å². The van der Waals surface area contributed by atoms with Crippen LogP contribution in [0.3, 0.4) is 0 Å². The molecule has 1 fully saturated rings. The van der Waals surface area contributed by atoms with Crippen LogP contribution < -0.4 is 21.5 Å². The summed E-state index contributed by atoms with van der Waals surface area (Å²) in [5.74, 6) is 0.394. The molecular formula is C30H36FN5O4. The summed E-state index contributed by atoms with van der Waals surface area (Å²) in [5.41, 5.74) is 3.15. The molecule has 9 nitrogen and oxygen atoms in total. The zero-order chi connectivity index (χ0) is 28.3. The molecule has 3 heterocycles. The molecule has 1 aliphatic carbocycles. The molecule has 10 heteroatoms. The van der Waals surface area contributed by atoms with Crippen LogP contribution in [0.1, 0.15) is 55.5 Å². The number of benzene rings is 1. The number of anilines is 2. The number of carbonyl (C=O) groups is 2. The molecular weight excluding hydrogens is 513 g/mol. The maximum atomic E-state index is 13.2. The molecule has 40 heavy (non-hydrogen) atoms. The summed E-state index contributed by atoms with van der Waals surface area (Å²) < 4.78 is 18.3. The van der Waals surface area contributed by atoms with Gasteiger partial charge in [0.25, 0.3) is 5.56 Å². The van der Waals surface area contributed by atoms with Crippen molar-refractivity contribution in [1.29, 1.82) is 0 Å². The van der Waals surface area contributed by atoms with E-state index in [2.05, 4.69) is 27.0 Å². The zero-order valence-electron chi connectivity index (χ0n) is 22.7. The van der Waals surface area contributed by atoms with Crippen molar-refractivity contribution in [2.75, 3.05) is 30.3 Å². The van der Waals surface area contributed by atoms with Gasteiger partial charge in [0.2, 0.25) is 5.91 Å². The maximum Gasteiger partial charge on any atom is 0.307 e. The Bertz CT molecular complexity index is 1360. The fraction of sp³-hybridized carbons (Fsp3) is 0.400. The van der Waals surface area contributed by atoms with Gasteiger partial charge in [-0.05, 0) is 74.4 Å². The highest BCUT2D eigenvalue weighted by molar-refractivity contribution is 5.77. The SMILES string of the molecule is CCOC(=O)CCNC(=O)Cn1c(C2CC2)ccc(NCc2ccc3c(n2)NCCC3)c1=O.Fc1ccccc1. The van der Waals surface area contributed by atoms with E-state index in [4.69, 9.17) is 4.74 Å². The highest BCUT2D eigenvalue weighted by Gasteiger charge is 2.28. The van der Waals surface area contributed by atoms with Crippen molar-refractivity contribution in [3.8, 4) is 0 Å². The normalized spacial score (nSPS) is 13.7. The predicted molar refractivity (Wildman–Crippen MR) is 152 cm³/mol. The average molecular weight is 550 g/mol. The van der Waals surface area contributed by atoms with Gasteiger partial charge in [-0.1, -0.05) is 24.3 Å². The topological polar surface area (TPSA) is 114 Å². The van der Waals surface area contributed by atoms with Crippen LogP contribution in [0.2, 0.25) is 0 Å². The summed E-state index contributed by atoms with van der Waals surface area (Å²) in [6.45, 7) is 3.49. The molecule has 0 atom stereocenters. The largest absolute Gasteiger partial charge is 0.466 e. The smallest absolute Gasteiger partial charge is 0.307 e. The number of fused-ring (bicyclic) bond motifs is 1. The number of esters is 1. The molecule has 1 saturated carbocycles. The Morgan fingerprint density at radius 2 is 1.93 bits per heavy atom. The third-order valence-electron chi connectivity index (χ3n) is 6.61. The lowest BCUT2D eigenvalue weighted by Gasteiger charge is -2.18. The van der Waals surface area contributed by atoms with Crippen LogP contribution in [0, 0.1) is 5.82 Å². The lowest BCUT2D eigenvalue weighted by molar-refractivity contribution is -0.143. The Hall–Kier alpha value is -4.21. The number of hydrogen-bond donors (Lipinski definition) is 3. The van der Waals surface area contributed by atoms with Gasteiger partial charge in [-0.2, -0.15) is 0 Å². The Morgan fingerprint density at radius 1 is 1.12 bits per heavy atom. The number of carbonyl (C=O) groups excluding carboxylic acids is 2. The first kappa shape index (κ1) is 28.8. The van der Waals surface area contributed by atoms with E-state index in [9.17, 15) is 18.8 Å². The van der Waals surface area contributed by atoms with Crippen molar-refractivity contribution in [2.45, 2.75) is 58.0 Å². The van der Waals surface area contributed by atoms with Gasteiger partial charge in [0, 0.05) is 18.8 Å². The Labute approximate surface area is 233 Å². The molecule has 1 amide bonds. The van der Waals surface area contributed by atoms with E-state index >= 15 is 0 Å². The van der Waals surface area contributed by atoms with E-state index in [1.54, 1.807) is 35.8 Å². The summed E-state index contributed by atoms with van der Waals surface area (Å²) in [6, 6.07) is 15.7. The number of aryl methyl sites for hydroxylation is 1. The minimum absolute atomic E-state index is 0.0793. The van der Waals surface area contributed by atoms with Crippen molar-refractivity contribution >= 4 is 23.4 Å². The van der Waals surface area contributed by atoms with E-state index in [0.717, 1.165) is 49.4 Å². The van der Waals surface area contributed by atoms with E-state index in [0.29, 0.717) is 24.8 Å². The molecule has 3 N–H and O–H groups in total. The van der Waals surface area contributed by atoms with E-state index < -0.39 is 0 Å². The molecule has 0 spiro atoms. The van der Waals surface area contributed by atoms with Crippen LogP contribution in [0.25, 0.3) is 0 Å². The highest BCUT2D eigenvalue weighted by Crippen LogP contribution is 2.39. The molecule has 2 aliphatic rings. The number of nitrogens with zero attached hydrogens (tertiary/aromatic N) is 2. The number of halogens is 1. The molecule has 0 radical (unpaired) electrons. The molecule has 1 aliphatic heterocycles. The number of amides is 1. The summed E-state index contributed by atoms with van der Waals surface area (Å²) in [4.78, 5) is 41.8. The summed E-state index contributed by atoms with van der Waals surface area (Å²) in [5, 5.41) is 9.22. The maximum absolute atomic E-state index is 13.2. The van der Waals surface area contributed by atoms with Crippen molar-refractivity contribution in [3.63, 3.8) is 0 Å². The number of pyridine rings is 2. The molecule has 0 bridgehead atoms. The lowest BCUT2D eigenvalue weighted by Crippen LogP contribution is -2.35. The standard InChI is InChI=1S/C24H31N5O4.C6H5F/c1-2-33-22(31)11-13-25-21(30)15-29-20(16-5-6-16)10-9-19(24(29)32)27-14-18-8-7-17-4-3-12-26-23(17)28-18;7-6-4-2-1-3-5-6/h7-10,16,27H,2-6,11-15H2,1H3,(H,25,30)(H,26,28);1-5H. The molecule has 5 rings (SSSR count). The van der Waals surface area contributed by atoms with Crippen LogP contribution >= 0.6 is 0 Å². The average Bonchev–Trinajstić information content (AvgIpc) is 3.80. The first-order valence-electron chi connectivity index (χ1n) is 13.8. The predicted octanol–water partition coefficient (Wildman–Crippen LogP) is 3.99. The second kappa shape index (κ2) is 14.3. The Morgan fingerprint density at radius 3 is 2.62 bits per heavy atom. The third kappa shape index (κ3) is 8.39. The van der Waals surface area contributed by atoms with E-state index in [-0.39, 0.29) is 42.8 Å². The van der Waals surface area contributed by atoms with Crippen LogP contribution in [-0.4, -0.2) is 41.1 Å². The second-order valence-electron chi connectivity index (χ2n) is 9.73. The minimum Gasteiger partial charge on any atom is -0.466 e. The van der Waals surface area contributed by atoms with Crippen LogP contribution in [-0.2, 0) is 33.8 Å². The van der Waals surface area contributed by atoms with Gasteiger partial charge < -0.3 is 25.3 Å². The second-order valence-corrected chi connectivity index (χ2v) is 9.73. The van der Waals surface area contributed by atoms with Gasteiger partial charge in [-0.15, -0.1) is 0 Å². The third-order valence-corrected chi connectivity index (χ3v) is 6.61. The van der Waals surface area contributed by atoms with Crippen LogP contribution in [0.5, 0.6) is 0 Å². The van der Waals surface area contributed by atoms with Gasteiger partial charge >= 0.3 is 5.97 Å². The monoisotopic (exact) mass is 549 g/mol. The van der Waals surface area contributed by atoms with Gasteiger partial charge in [0.1, 0.15) is 23.9 Å². The first-order valence-corrected chi connectivity index (χ1v) is 13.8. The number of aromatic nitrogens is 2. The Balaban J connectivity index is 0.000000461. The fourth-order valence-corrected chi connectivity index (χ4v) is 4.43. The number of rotatable bonds is 10. The molecule has 0 saturated heterocycles. The molecule has 2 aromatic heterocycles. The van der Waals surface area contributed by atoms with Crippen molar-refractivity contribution < 1.29 is 18.7 Å². The van der Waals surface area contributed by atoms with Crippen molar-refractivity contribution in [1.82, 2.24) is 14.9 Å². The molecule has 3 aromatic rings. The zero-order valence-corrected chi connectivity index (χ0v) is 22.7. The number of nitrogens with one attached hydrogen (secondary N) is 3. The van der Waals surface area contributed by atoms with Crippen LogP contribution in [0.4, 0.5) is 15.9 Å². The first-order chi connectivity index (χ1) is 19.4. The van der Waals surface area contributed by atoms with Crippen molar-refractivity contribution in [2.24, 2.45) is 0 Å². The van der Waals surface area contributed by atoms with Gasteiger partial charge in [-0.3, -0.25) is 14.4 Å². The van der Waals surface area contributed by atoms with Crippen molar-refractivity contribution in [3.05, 3.63) is 87.7 Å². The van der Waals surface area contributed by atoms with E-state index in [1.807, 2.05) is 12.1 Å². The van der Waals surface area contributed by atoms with Gasteiger partial charge in [-0.25, -0.2) is 9.37 Å². The number of ether oxygens (including phenoxy) is 1. The summed E-state index contributed by atoms with van der Waals surface area (Å²) in [7, 11) is 0. The minimum atomic E-state index is -0.356.